The molecule has 1 atom stereocenters. The van der Waals surface area contributed by atoms with E-state index in [1.54, 1.807) is 50.4 Å². The molecule has 0 aliphatic carbocycles. The van der Waals surface area contributed by atoms with Gasteiger partial charge in [0.25, 0.3) is 5.91 Å². The molecule has 1 heterocycles. The number of ether oxygens (including phenoxy) is 2. The molecule has 2 amide bonds. The lowest BCUT2D eigenvalue weighted by Crippen LogP contribution is -2.34. The third-order valence-electron chi connectivity index (χ3n) is 3.71. The van der Waals surface area contributed by atoms with Crippen LogP contribution in [-0.2, 0) is 16.0 Å². The third kappa shape index (κ3) is 3.48. The number of rotatable bonds is 4. The standard InChI is InChI=1S/C18H18N2O4/c1-11-18(22)20-15-9-12(3-8-16(15)24-11)10-17(21)19-13-4-6-14(23-2)7-5-13/h3-9,11H,10H2,1-2H3,(H,19,21)(H,20,22). The van der Waals surface area contributed by atoms with Crippen LogP contribution in [-0.4, -0.2) is 25.0 Å². The highest BCUT2D eigenvalue weighted by Crippen LogP contribution is 2.30. The molecular weight excluding hydrogens is 308 g/mol. The van der Waals surface area contributed by atoms with E-state index in [0.29, 0.717) is 17.1 Å². The molecule has 0 spiro atoms. The van der Waals surface area contributed by atoms with E-state index in [2.05, 4.69) is 10.6 Å². The molecule has 0 saturated carbocycles. The third-order valence-corrected chi connectivity index (χ3v) is 3.71. The van der Waals surface area contributed by atoms with Crippen LogP contribution in [0.5, 0.6) is 11.5 Å². The van der Waals surface area contributed by atoms with Gasteiger partial charge in [0.15, 0.2) is 6.10 Å². The minimum atomic E-state index is -0.512. The molecule has 24 heavy (non-hydrogen) atoms. The molecule has 2 aromatic carbocycles. The molecule has 0 saturated heterocycles. The van der Waals surface area contributed by atoms with Gasteiger partial charge < -0.3 is 20.1 Å². The molecule has 6 nitrogen and oxygen atoms in total. The van der Waals surface area contributed by atoms with Gasteiger partial charge in [0.05, 0.1) is 19.2 Å². The summed E-state index contributed by atoms with van der Waals surface area (Å²) in [7, 11) is 1.59. The van der Waals surface area contributed by atoms with Gasteiger partial charge in [-0.2, -0.15) is 0 Å². The van der Waals surface area contributed by atoms with Gasteiger partial charge in [0.2, 0.25) is 5.91 Å². The van der Waals surface area contributed by atoms with Gasteiger partial charge in [0.1, 0.15) is 11.5 Å². The topological polar surface area (TPSA) is 76.7 Å². The highest BCUT2D eigenvalue weighted by atomic mass is 16.5. The Morgan fingerprint density at radius 3 is 2.71 bits per heavy atom. The van der Waals surface area contributed by atoms with Crippen LogP contribution >= 0.6 is 0 Å². The number of carbonyl (C=O) groups excluding carboxylic acids is 2. The summed E-state index contributed by atoms with van der Waals surface area (Å²) < 4.78 is 10.6. The summed E-state index contributed by atoms with van der Waals surface area (Å²) >= 11 is 0. The second kappa shape index (κ2) is 6.62. The number of methoxy groups -OCH3 is 1. The molecule has 1 aliphatic heterocycles. The van der Waals surface area contributed by atoms with Crippen molar-refractivity contribution >= 4 is 23.2 Å². The number of fused-ring (bicyclic) bond motifs is 1. The first-order chi connectivity index (χ1) is 11.5. The second-order valence-electron chi connectivity index (χ2n) is 5.53. The van der Waals surface area contributed by atoms with Gasteiger partial charge in [-0.25, -0.2) is 0 Å². The molecule has 6 heteroatoms. The maximum atomic E-state index is 12.2. The fourth-order valence-electron chi connectivity index (χ4n) is 2.43. The summed E-state index contributed by atoms with van der Waals surface area (Å²) in [5, 5.41) is 5.60. The number of benzene rings is 2. The van der Waals surface area contributed by atoms with E-state index < -0.39 is 6.10 Å². The van der Waals surface area contributed by atoms with Crippen molar-refractivity contribution in [1.29, 1.82) is 0 Å². The summed E-state index contributed by atoms with van der Waals surface area (Å²) in [4.78, 5) is 23.8. The Balaban J connectivity index is 1.66. The number of nitrogens with one attached hydrogen (secondary N) is 2. The predicted molar refractivity (Wildman–Crippen MR) is 90.5 cm³/mol. The van der Waals surface area contributed by atoms with Crippen LogP contribution in [0.15, 0.2) is 42.5 Å². The van der Waals surface area contributed by atoms with Crippen LogP contribution in [0.3, 0.4) is 0 Å². The molecule has 124 valence electrons. The Morgan fingerprint density at radius 1 is 1.25 bits per heavy atom. The Morgan fingerprint density at radius 2 is 2.00 bits per heavy atom. The summed E-state index contributed by atoms with van der Waals surface area (Å²) in [6.45, 7) is 1.69. The van der Waals surface area contributed by atoms with Crippen LogP contribution in [0.2, 0.25) is 0 Å². The normalized spacial score (nSPS) is 15.8. The van der Waals surface area contributed by atoms with Crippen LogP contribution in [0.4, 0.5) is 11.4 Å². The van der Waals surface area contributed by atoms with Crippen molar-refractivity contribution < 1.29 is 19.1 Å². The molecule has 1 aliphatic rings. The molecule has 0 aromatic heterocycles. The molecule has 2 N–H and O–H groups in total. The van der Waals surface area contributed by atoms with E-state index in [1.165, 1.54) is 0 Å². The van der Waals surface area contributed by atoms with Gasteiger partial charge in [-0.1, -0.05) is 6.07 Å². The van der Waals surface area contributed by atoms with E-state index in [-0.39, 0.29) is 18.2 Å². The number of amides is 2. The fraction of sp³-hybridized carbons (Fsp3) is 0.222. The van der Waals surface area contributed by atoms with Crippen LogP contribution < -0.4 is 20.1 Å². The fourth-order valence-corrected chi connectivity index (χ4v) is 2.43. The summed E-state index contributed by atoms with van der Waals surface area (Å²) in [6.07, 6.45) is -0.313. The number of carbonyl (C=O) groups is 2. The quantitative estimate of drug-likeness (QED) is 0.905. The van der Waals surface area contributed by atoms with Crippen LogP contribution in [0.25, 0.3) is 0 Å². The monoisotopic (exact) mass is 326 g/mol. The SMILES string of the molecule is COc1ccc(NC(=O)Cc2ccc3c(c2)NC(=O)C(C)O3)cc1. The molecular formula is C18H18N2O4. The molecule has 2 aromatic rings. The van der Waals surface area contributed by atoms with Crippen molar-refractivity contribution in [3.63, 3.8) is 0 Å². The van der Waals surface area contributed by atoms with Gasteiger partial charge in [-0.15, -0.1) is 0 Å². The van der Waals surface area contributed by atoms with Crippen molar-refractivity contribution in [2.45, 2.75) is 19.4 Å². The molecule has 0 radical (unpaired) electrons. The molecule has 0 bridgehead atoms. The summed E-state index contributed by atoms with van der Waals surface area (Å²) in [5.74, 6) is 1.01. The van der Waals surface area contributed by atoms with Crippen LogP contribution in [0, 0.1) is 0 Å². The molecule has 1 unspecified atom stereocenters. The first-order valence-corrected chi connectivity index (χ1v) is 7.59. The van der Waals surface area contributed by atoms with E-state index in [4.69, 9.17) is 9.47 Å². The summed E-state index contributed by atoms with van der Waals surface area (Å²) in [5.41, 5.74) is 2.08. The zero-order valence-electron chi connectivity index (χ0n) is 13.5. The van der Waals surface area contributed by atoms with Crippen LogP contribution in [0.1, 0.15) is 12.5 Å². The second-order valence-corrected chi connectivity index (χ2v) is 5.53. The zero-order valence-corrected chi connectivity index (χ0v) is 13.5. The molecule has 0 fully saturated rings. The van der Waals surface area contributed by atoms with Crippen molar-refractivity contribution in [1.82, 2.24) is 0 Å². The van der Waals surface area contributed by atoms with E-state index >= 15 is 0 Å². The lowest BCUT2D eigenvalue weighted by Gasteiger charge is -2.23. The average molecular weight is 326 g/mol. The zero-order chi connectivity index (χ0) is 17.1. The average Bonchev–Trinajstić information content (AvgIpc) is 2.57. The van der Waals surface area contributed by atoms with Crippen molar-refractivity contribution in [2.75, 3.05) is 17.7 Å². The highest BCUT2D eigenvalue weighted by Gasteiger charge is 2.23. The Hall–Kier alpha value is -3.02. The minimum absolute atomic E-state index is 0.142. The maximum absolute atomic E-state index is 12.2. The Bertz CT molecular complexity index is 771. The smallest absolute Gasteiger partial charge is 0.265 e. The largest absolute Gasteiger partial charge is 0.497 e. The van der Waals surface area contributed by atoms with Gasteiger partial charge in [0, 0.05) is 5.69 Å². The van der Waals surface area contributed by atoms with E-state index in [9.17, 15) is 9.59 Å². The number of hydrogen-bond donors (Lipinski definition) is 2. The minimum Gasteiger partial charge on any atom is -0.497 e. The van der Waals surface area contributed by atoms with E-state index in [1.807, 2.05) is 6.07 Å². The Kier molecular flexibility index (Phi) is 4.37. The van der Waals surface area contributed by atoms with Crippen molar-refractivity contribution in [3.8, 4) is 11.5 Å². The molecule has 3 rings (SSSR count). The van der Waals surface area contributed by atoms with E-state index in [0.717, 1.165) is 11.3 Å². The summed E-state index contributed by atoms with van der Waals surface area (Å²) in [6, 6.07) is 12.5. The first-order valence-electron chi connectivity index (χ1n) is 7.59. The Labute approximate surface area is 139 Å². The predicted octanol–water partition coefficient (Wildman–Crippen LogP) is 2.60. The van der Waals surface area contributed by atoms with Gasteiger partial charge in [-0.3, -0.25) is 9.59 Å². The van der Waals surface area contributed by atoms with Crippen molar-refractivity contribution in [3.05, 3.63) is 48.0 Å². The lowest BCUT2D eigenvalue weighted by molar-refractivity contribution is -0.122. The first kappa shape index (κ1) is 15.9. The van der Waals surface area contributed by atoms with Crippen molar-refractivity contribution in [2.24, 2.45) is 0 Å². The van der Waals surface area contributed by atoms with Gasteiger partial charge in [-0.05, 0) is 48.9 Å². The number of hydrogen-bond acceptors (Lipinski definition) is 4. The highest BCUT2D eigenvalue weighted by molar-refractivity contribution is 5.98. The van der Waals surface area contributed by atoms with Gasteiger partial charge >= 0.3 is 0 Å². The maximum Gasteiger partial charge on any atom is 0.265 e. The lowest BCUT2D eigenvalue weighted by atomic mass is 10.1. The number of anilines is 2.